The highest BCUT2D eigenvalue weighted by atomic mass is 32.2. The Morgan fingerprint density at radius 2 is 1.92 bits per heavy atom. The van der Waals surface area contributed by atoms with Gasteiger partial charge >= 0.3 is 6.18 Å². The standard InChI is InChI=1S/C25H36F4N4O3S/c1-6-9-23(37(34,35)8-3)18-20(26)19-32(5)15-10-21(7-2)36-22-11-16-33(17-12-22)24(30-4)31-14-13-25(27,28)29/h6-7,9-10,14,18-19,22H,2,8,11-13,15-17H2,1,3-5H3/b9-6-,20-19-,21-10+,23-18+,30-24?,31-14-. The molecule has 0 N–H and O–H groups in total. The van der Waals surface area contributed by atoms with E-state index in [0.717, 1.165) is 12.3 Å². The van der Waals surface area contributed by atoms with Crippen LogP contribution in [0.5, 0.6) is 0 Å². The number of sulfone groups is 1. The van der Waals surface area contributed by atoms with Crippen molar-refractivity contribution in [3.8, 4) is 0 Å². The molecule has 0 spiro atoms. The fraction of sp³-hybridized carbons (Fsp3) is 0.520. The van der Waals surface area contributed by atoms with Crippen LogP contribution in [-0.4, -0.2) is 82.2 Å². The number of aliphatic imine (C=N–C) groups is 2. The number of rotatable bonds is 11. The smallest absolute Gasteiger partial charge is 0.393 e. The Morgan fingerprint density at radius 3 is 2.43 bits per heavy atom. The van der Waals surface area contributed by atoms with Crippen molar-refractivity contribution in [2.75, 3.05) is 39.5 Å². The van der Waals surface area contributed by atoms with Crippen LogP contribution in [0.3, 0.4) is 0 Å². The van der Waals surface area contributed by atoms with E-state index in [1.807, 2.05) is 0 Å². The molecule has 7 nitrogen and oxygen atoms in total. The van der Waals surface area contributed by atoms with Crippen molar-refractivity contribution in [1.82, 2.24) is 9.80 Å². The Hall–Kier alpha value is -2.89. The average molecular weight is 549 g/mol. The highest BCUT2D eigenvalue weighted by Crippen LogP contribution is 2.20. The van der Waals surface area contributed by atoms with E-state index in [4.69, 9.17) is 4.74 Å². The number of guanidine groups is 1. The summed E-state index contributed by atoms with van der Waals surface area (Å²) in [4.78, 5) is 11.1. The molecule has 0 aromatic heterocycles. The molecule has 0 saturated carbocycles. The number of alkyl halides is 3. The molecule has 0 radical (unpaired) electrons. The summed E-state index contributed by atoms with van der Waals surface area (Å²) < 4.78 is 81.6. The highest BCUT2D eigenvalue weighted by Gasteiger charge is 2.26. The molecule has 0 unspecified atom stereocenters. The number of halogens is 4. The fourth-order valence-corrected chi connectivity index (χ4v) is 4.27. The zero-order valence-corrected chi connectivity index (χ0v) is 22.5. The van der Waals surface area contributed by atoms with Crippen LogP contribution in [0, 0.1) is 0 Å². The lowest BCUT2D eigenvalue weighted by Gasteiger charge is -2.33. The van der Waals surface area contributed by atoms with Crippen molar-refractivity contribution >= 4 is 22.0 Å². The SMILES string of the molecule is C=C/C(=C\CN(C)/C=C(F)/C=C(\C=C/C)S(=O)(=O)CC)OC1CCN(C(=NC)/N=C\CC(F)(F)F)CC1. The Labute approximate surface area is 217 Å². The van der Waals surface area contributed by atoms with Gasteiger partial charge in [-0.1, -0.05) is 19.6 Å². The first-order valence-corrected chi connectivity index (χ1v) is 13.4. The minimum atomic E-state index is -4.31. The number of likely N-dealkylation sites (N-methyl/N-ethyl adjacent to an activating group) is 1. The maximum Gasteiger partial charge on any atom is 0.393 e. The summed E-state index contributed by atoms with van der Waals surface area (Å²) in [6.45, 7) is 8.20. The first kappa shape index (κ1) is 32.1. The molecule has 0 bridgehead atoms. The molecule has 1 aliphatic rings. The molecule has 37 heavy (non-hydrogen) atoms. The van der Waals surface area contributed by atoms with Gasteiger partial charge in [-0.05, 0) is 31.2 Å². The third-order valence-corrected chi connectivity index (χ3v) is 6.96. The molecule has 1 fully saturated rings. The summed E-state index contributed by atoms with van der Waals surface area (Å²) >= 11 is 0. The van der Waals surface area contributed by atoms with Gasteiger partial charge < -0.3 is 14.5 Å². The van der Waals surface area contributed by atoms with Crippen molar-refractivity contribution in [3.63, 3.8) is 0 Å². The number of ether oxygens (including phenoxy) is 1. The minimum absolute atomic E-state index is 0.0982. The predicted octanol–water partition coefficient (Wildman–Crippen LogP) is 5.18. The largest absolute Gasteiger partial charge is 0.491 e. The maximum atomic E-state index is 14.4. The number of allylic oxidation sites excluding steroid dienone is 5. The molecule has 0 amide bonds. The normalized spacial score (nSPS) is 17.7. The summed E-state index contributed by atoms with van der Waals surface area (Å²) in [5.41, 5.74) is 0. The molecule has 1 aliphatic heterocycles. The monoisotopic (exact) mass is 548 g/mol. The van der Waals surface area contributed by atoms with Crippen molar-refractivity contribution in [1.29, 1.82) is 0 Å². The van der Waals surface area contributed by atoms with E-state index >= 15 is 0 Å². The van der Waals surface area contributed by atoms with E-state index in [1.54, 1.807) is 31.0 Å². The first-order valence-electron chi connectivity index (χ1n) is 11.8. The van der Waals surface area contributed by atoms with Gasteiger partial charge in [-0.3, -0.25) is 4.99 Å². The van der Waals surface area contributed by atoms with Crippen LogP contribution in [0.1, 0.15) is 33.1 Å². The fourth-order valence-electron chi connectivity index (χ4n) is 3.30. The topological polar surface area (TPSA) is 74.6 Å². The van der Waals surface area contributed by atoms with Crippen molar-refractivity contribution in [3.05, 3.63) is 59.7 Å². The summed E-state index contributed by atoms with van der Waals surface area (Å²) in [5.74, 6) is -0.0895. The van der Waals surface area contributed by atoms with Gasteiger partial charge in [0.15, 0.2) is 9.84 Å². The number of nitrogens with zero attached hydrogens (tertiary/aromatic N) is 4. The number of piperidine rings is 1. The van der Waals surface area contributed by atoms with Gasteiger partial charge in [0.25, 0.3) is 0 Å². The Kier molecular flexibility index (Phi) is 13.4. The van der Waals surface area contributed by atoms with Gasteiger partial charge in [-0.15, -0.1) is 0 Å². The lowest BCUT2D eigenvalue weighted by molar-refractivity contribution is -0.120. The zero-order valence-electron chi connectivity index (χ0n) is 21.7. The molecule has 1 saturated heterocycles. The zero-order chi connectivity index (χ0) is 28.1. The predicted molar refractivity (Wildman–Crippen MR) is 141 cm³/mol. The summed E-state index contributed by atoms with van der Waals surface area (Å²) in [7, 11) is -0.437. The van der Waals surface area contributed by atoms with Gasteiger partial charge in [0.1, 0.15) is 17.7 Å². The van der Waals surface area contributed by atoms with Crippen LogP contribution in [0.15, 0.2) is 69.6 Å². The van der Waals surface area contributed by atoms with Crippen LogP contribution in [0.4, 0.5) is 17.6 Å². The van der Waals surface area contributed by atoms with Crippen LogP contribution >= 0.6 is 0 Å². The van der Waals surface area contributed by atoms with Crippen molar-refractivity contribution in [2.24, 2.45) is 9.98 Å². The lowest BCUT2D eigenvalue weighted by atomic mass is 10.1. The van der Waals surface area contributed by atoms with Crippen molar-refractivity contribution in [2.45, 2.75) is 45.4 Å². The Balaban J connectivity index is 2.72. The van der Waals surface area contributed by atoms with Gasteiger partial charge in [0.2, 0.25) is 5.96 Å². The van der Waals surface area contributed by atoms with Crippen LogP contribution in [0.2, 0.25) is 0 Å². The first-order chi connectivity index (χ1) is 17.3. The number of hydrogen-bond donors (Lipinski definition) is 0. The molecular formula is C25H36F4N4O3S. The van der Waals surface area contributed by atoms with Gasteiger partial charge in [0, 0.05) is 59.0 Å². The van der Waals surface area contributed by atoms with E-state index in [-0.39, 0.29) is 29.3 Å². The third kappa shape index (κ3) is 12.3. The lowest BCUT2D eigenvalue weighted by Crippen LogP contribution is -2.40. The van der Waals surface area contributed by atoms with Crippen LogP contribution in [0.25, 0.3) is 0 Å². The Bertz CT molecular complexity index is 1040. The van der Waals surface area contributed by atoms with E-state index in [2.05, 4.69) is 16.6 Å². The molecule has 0 aromatic carbocycles. The van der Waals surface area contributed by atoms with Gasteiger partial charge in [0.05, 0.1) is 17.1 Å². The minimum Gasteiger partial charge on any atom is -0.491 e. The third-order valence-electron chi connectivity index (χ3n) is 5.23. The number of hydrogen-bond acceptors (Lipinski definition) is 5. The van der Waals surface area contributed by atoms with Crippen LogP contribution in [-0.2, 0) is 14.6 Å². The summed E-state index contributed by atoms with van der Waals surface area (Å²) in [6, 6.07) is 0. The summed E-state index contributed by atoms with van der Waals surface area (Å²) in [5, 5.41) is 0. The Morgan fingerprint density at radius 1 is 1.27 bits per heavy atom. The van der Waals surface area contributed by atoms with E-state index in [1.165, 1.54) is 37.2 Å². The second-order valence-corrected chi connectivity index (χ2v) is 10.5. The van der Waals surface area contributed by atoms with Gasteiger partial charge in [-0.25, -0.2) is 17.8 Å². The van der Waals surface area contributed by atoms with E-state index in [9.17, 15) is 26.0 Å². The molecule has 0 aromatic rings. The van der Waals surface area contributed by atoms with E-state index < -0.39 is 28.3 Å². The maximum absolute atomic E-state index is 14.4. The average Bonchev–Trinajstić information content (AvgIpc) is 2.84. The molecule has 208 valence electrons. The highest BCUT2D eigenvalue weighted by molar-refractivity contribution is 7.95. The summed E-state index contributed by atoms with van der Waals surface area (Å²) in [6.07, 6.45) is 4.79. The van der Waals surface area contributed by atoms with E-state index in [0.29, 0.717) is 31.7 Å². The molecule has 0 aliphatic carbocycles. The molecule has 0 atom stereocenters. The molecular weight excluding hydrogens is 512 g/mol. The van der Waals surface area contributed by atoms with Crippen molar-refractivity contribution < 1.29 is 30.7 Å². The quantitative estimate of drug-likeness (QED) is 0.117. The second-order valence-electron chi connectivity index (χ2n) is 8.17. The molecule has 12 heteroatoms. The van der Waals surface area contributed by atoms with Gasteiger partial charge in [-0.2, -0.15) is 13.2 Å². The molecule has 1 heterocycles. The van der Waals surface area contributed by atoms with Crippen LogP contribution < -0.4 is 0 Å². The number of likely N-dealkylation sites (tertiary alicyclic amines) is 1. The molecule has 1 rings (SSSR count). The second kappa shape index (κ2) is 15.4.